The van der Waals surface area contributed by atoms with Gasteiger partial charge in [-0.3, -0.25) is 0 Å². The van der Waals surface area contributed by atoms with Crippen LogP contribution in [-0.4, -0.2) is 16.6 Å². The lowest BCUT2D eigenvalue weighted by molar-refractivity contribution is 0.257. The number of anilines is 1. The Labute approximate surface area is 116 Å². The third-order valence-corrected chi connectivity index (χ3v) is 3.41. The zero-order valence-corrected chi connectivity index (χ0v) is 11.1. The zero-order chi connectivity index (χ0) is 14.1. The highest BCUT2D eigenvalue weighted by molar-refractivity contribution is 5.39. The number of halogens is 1. The molecule has 20 heavy (non-hydrogen) atoms. The van der Waals surface area contributed by atoms with E-state index in [1.807, 2.05) is 24.3 Å². The number of ether oxygens (including phenoxy) is 1. The number of aryl methyl sites for hydroxylation is 1. The van der Waals surface area contributed by atoms with Gasteiger partial charge in [-0.2, -0.15) is 0 Å². The van der Waals surface area contributed by atoms with E-state index in [1.165, 1.54) is 0 Å². The summed E-state index contributed by atoms with van der Waals surface area (Å²) in [7, 11) is 0. The van der Waals surface area contributed by atoms with E-state index in [0.717, 1.165) is 17.7 Å². The predicted molar refractivity (Wildman–Crippen MR) is 72.9 cm³/mol. The Morgan fingerprint density at radius 3 is 2.95 bits per heavy atom. The molecule has 0 radical (unpaired) electrons. The van der Waals surface area contributed by atoms with Gasteiger partial charge in [0.1, 0.15) is 11.6 Å². The number of nitrogens with zero attached hydrogens (tertiary/aromatic N) is 2. The van der Waals surface area contributed by atoms with Crippen molar-refractivity contribution in [3.63, 3.8) is 0 Å². The van der Waals surface area contributed by atoms with Gasteiger partial charge >= 0.3 is 0 Å². The first-order chi connectivity index (χ1) is 9.69. The predicted octanol–water partition coefficient (Wildman–Crippen LogP) is 1.93. The minimum absolute atomic E-state index is 0.00343. The van der Waals surface area contributed by atoms with Crippen LogP contribution in [0.3, 0.4) is 0 Å². The first-order valence-corrected chi connectivity index (χ1v) is 6.40. The van der Waals surface area contributed by atoms with Gasteiger partial charge < -0.3 is 10.2 Å². The Hall–Kier alpha value is -2.21. The van der Waals surface area contributed by atoms with Crippen molar-refractivity contribution in [2.45, 2.75) is 19.3 Å². The average Bonchev–Trinajstić information content (AvgIpc) is 2.49. The number of hydrogen-bond donors (Lipinski definition) is 2. The van der Waals surface area contributed by atoms with Gasteiger partial charge in [0, 0.05) is 0 Å². The number of hydrogen-bond acceptors (Lipinski definition) is 5. The Balaban J connectivity index is 1.93. The highest BCUT2D eigenvalue weighted by Gasteiger charge is 2.25. The van der Waals surface area contributed by atoms with E-state index in [2.05, 4.69) is 15.4 Å². The molecule has 0 amide bonds. The number of nitrogens with two attached hydrogens (primary N) is 1. The van der Waals surface area contributed by atoms with Crippen LogP contribution in [0.15, 0.2) is 24.3 Å². The molecule has 0 fully saturated rings. The Morgan fingerprint density at radius 2 is 2.15 bits per heavy atom. The molecule has 3 N–H and O–H groups in total. The van der Waals surface area contributed by atoms with Crippen molar-refractivity contribution in [1.82, 2.24) is 9.97 Å². The van der Waals surface area contributed by atoms with Gasteiger partial charge in [0.25, 0.3) is 0 Å². The quantitative estimate of drug-likeness (QED) is 0.646. The van der Waals surface area contributed by atoms with E-state index in [4.69, 9.17) is 10.6 Å². The Bertz CT molecular complexity index is 647. The molecule has 1 aromatic heterocycles. The van der Waals surface area contributed by atoms with Gasteiger partial charge in [-0.05, 0) is 25.0 Å². The van der Waals surface area contributed by atoms with Crippen molar-refractivity contribution in [2.24, 2.45) is 5.84 Å². The van der Waals surface area contributed by atoms with Crippen molar-refractivity contribution in [1.29, 1.82) is 0 Å². The molecule has 1 aromatic carbocycles. The van der Waals surface area contributed by atoms with Crippen LogP contribution in [0.5, 0.6) is 5.75 Å². The molecule has 5 nitrogen and oxygen atoms in total. The van der Waals surface area contributed by atoms with Gasteiger partial charge in [0.15, 0.2) is 11.6 Å². The first kappa shape index (κ1) is 12.8. The maximum Gasteiger partial charge on any atom is 0.187 e. The minimum atomic E-state index is -0.520. The summed E-state index contributed by atoms with van der Waals surface area (Å²) in [5, 5.41) is 0. The molecule has 1 aliphatic rings. The summed E-state index contributed by atoms with van der Waals surface area (Å²) in [5.41, 5.74) is 3.66. The molecule has 1 atom stereocenters. The fraction of sp³-hybridized carbons (Fsp3) is 0.286. The SMILES string of the molecule is Cc1nc(C2COc3ccccc3C2)nc(NN)c1F. The Kier molecular flexibility index (Phi) is 3.23. The minimum Gasteiger partial charge on any atom is -0.493 e. The third kappa shape index (κ3) is 2.18. The smallest absolute Gasteiger partial charge is 0.187 e. The average molecular weight is 274 g/mol. The fourth-order valence-corrected chi connectivity index (χ4v) is 2.35. The third-order valence-electron chi connectivity index (χ3n) is 3.41. The van der Waals surface area contributed by atoms with Crippen LogP contribution in [0.1, 0.15) is 23.0 Å². The molecule has 6 heteroatoms. The lowest BCUT2D eigenvalue weighted by Crippen LogP contribution is -2.23. The van der Waals surface area contributed by atoms with Gasteiger partial charge in [0.05, 0.1) is 18.2 Å². The lowest BCUT2D eigenvalue weighted by atomic mass is 9.96. The maximum atomic E-state index is 13.7. The second kappa shape index (κ2) is 5.05. The fourth-order valence-electron chi connectivity index (χ4n) is 2.35. The van der Waals surface area contributed by atoms with Gasteiger partial charge in [0.2, 0.25) is 0 Å². The van der Waals surface area contributed by atoms with E-state index < -0.39 is 5.82 Å². The topological polar surface area (TPSA) is 73.1 Å². The van der Waals surface area contributed by atoms with Gasteiger partial charge in [-0.25, -0.2) is 20.2 Å². The number of para-hydroxylation sites is 1. The largest absolute Gasteiger partial charge is 0.493 e. The molecule has 0 saturated heterocycles. The molecule has 1 unspecified atom stereocenters. The van der Waals surface area contributed by atoms with Crippen molar-refractivity contribution in [3.8, 4) is 5.75 Å². The van der Waals surface area contributed by atoms with Crippen molar-refractivity contribution in [2.75, 3.05) is 12.0 Å². The molecular formula is C14H15FN4O. The van der Waals surface area contributed by atoms with Crippen LogP contribution >= 0.6 is 0 Å². The van der Waals surface area contributed by atoms with Gasteiger partial charge in [-0.15, -0.1) is 0 Å². The summed E-state index contributed by atoms with van der Waals surface area (Å²) in [5.74, 6) is 6.22. The number of nitrogens with one attached hydrogen (secondary N) is 1. The van der Waals surface area contributed by atoms with E-state index in [0.29, 0.717) is 12.4 Å². The first-order valence-electron chi connectivity index (χ1n) is 6.40. The van der Waals surface area contributed by atoms with Crippen molar-refractivity contribution >= 4 is 5.82 Å². The van der Waals surface area contributed by atoms with Gasteiger partial charge in [-0.1, -0.05) is 18.2 Å². The standard InChI is InChI=1S/C14H15FN4O/c1-8-12(15)14(19-16)18-13(17-8)10-6-9-4-2-3-5-11(9)20-7-10/h2-5,10H,6-7,16H2,1H3,(H,17,18,19). The number of nitrogen functional groups attached to an aromatic ring is 1. The van der Waals surface area contributed by atoms with Crippen LogP contribution in [-0.2, 0) is 6.42 Å². The number of rotatable bonds is 2. The molecule has 0 bridgehead atoms. The molecule has 3 rings (SSSR count). The van der Waals surface area contributed by atoms with Crippen LogP contribution in [0.4, 0.5) is 10.2 Å². The maximum absolute atomic E-state index is 13.7. The zero-order valence-electron chi connectivity index (χ0n) is 11.1. The summed E-state index contributed by atoms with van der Waals surface area (Å²) >= 11 is 0. The van der Waals surface area contributed by atoms with E-state index in [1.54, 1.807) is 6.92 Å². The van der Waals surface area contributed by atoms with Crippen molar-refractivity contribution in [3.05, 3.63) is 47.2 Å². The van der Waals surface area contributed by atoms with E-state index in [-0.39, 0.29) is 17.4 Å². The van der Waals surface area contributed by atoms with Crippen molar-refractivity contribution < 1.29 is 9.13 Å². The lowest BCUT2D eigenvalue weighted by Gasteiger charge is -2.24. The monoisotopic (exact) mass is 274 g/mol. The highest BCUT2D eigenvalue weighted by atomic mass is 19.1. The van der Waals surface area contributed by atoms with Crippen LogP contribution in [0.25, 0.3) is 0 Å². The number of aromatic nitrogens is 2. The molecular weight excluding hydrogens is 259 g/mol. The summed E-state index contributed by atoms with van der Waals surface area (Å²) in [4.78, 5) is 8.36. The highest BCUT2D eigenvalue weighted by Crippen LogP contribution is 2.31. The summed E-state index contributed by atoms with van der Waals surface area (Å²) in [6.45, 7) is 2.07. The van der Waals surface area contributed by atoms with E-state index >= 15 is 0 Å². The molecule has 0 saturated carbocycles. The number of fused-ring (bicyclic) bond motifs is 1. The molecule has 104 valence electrons. The molecule has 2 heterocycles. The second-order valence-electron chi connectivity index (χ2n) is 4.79. The molecule has 2 aromatic rings. The summed E-state index contributed by atoms with van der Waals surface area (Å²) in [6, 6.07) is 7.86. The van der Waals surface area contributed by atoms with E-state index in [9.17, 15) is 4.39 Å². The summed E-state index contributed by atoms with van der Waals surface area (Å²) in [6.07, 6.45) is 0.769. The number of hydrazine groups is 1. The Morgan fingerprint density at radius 1 is 1.35 bits per heavy atom. The molecule has 0 spiro atoms. The van der Waals surface area contributed by atoms with Crippen LogP contribution in [0, 0.1) is 12.7 Å². The molecule has 1 aliphatic heterocycles. The number of benzene rings is 1. The normalized spacial score (nSPS) is 17.2. The summed E-state index contributed by atoms with van der Waals surface area (Å²) < 4.78 is 19.4. The molecule has 0 aliphatic carbocycles. The second-order valence-corrected chi connectivity index (χ2v) is 4.79. The van der Waals surface area contributed by atoms with Crippen LogP contribution in [0.2, 0.25) is 0 Å². The van der Waals surface area contributed by atoms with Crippen LogP contribution < -0.4 is 16.0 Å².